The number of aryl methyl sites for hydroxylation is 2. The van der Waals surface area contributed by atoms with E-state index in [2.05, 4.69) is 74.6 Å². The lowest BCUT2D eigenvalue weighted by Gasteiger charge is -2.32. The van der Waals surface area contributed by atoms with Crippen molar-refractivity contribution in [1.82, 2.24) is 10.2 Å². The Morgan fingerprint density at radius 2 is 1.47 bits per heavy atom. The summed E-state index contributed by atoms with van der Waals surface area (Å²) in [6.07, 6.45) is 5.86. The predicted molar refractivity (Wildman–Crippen MR) is 155 cm³/mol. The molecular formula is C34H42N2O2. The molecule has 1 N–H and O–H groups in total. The van der Waals surface area contributed by atoms with Crippen LogP contribution in [0.3, 0.4) is 0 Å². The van der Waals surface area contributed by atoms with Gasteiger partial charge in [0, 0.05) is 25.4 Å². The van der Waals surface area contributed by atoms with Gasteiger partial charge in [-0.1, -0.05) is 111 Å². The van der Waals surface area contributed by atoms with Gasteiger partial charge in [0.25, 0.3) is 0 Å². The van der Waals surface area contributed by atoms with Crippen molar-refractivity contribution in [3.63, 3.8) is 0 Å². The minimum absolute atomic E-state index is 0.0148. The molecule has 200 valence electrons. The molecule has 4 heteroatoms. The predicted octanol–water partition coefficient (Wildman–Crippen LogP) is 6.75. The highest BCUT2D eigenvalue weighted by molar-refractivity contribution is 5.88. The van der Waals surface area contributed by atoms with E-state index in [9.17, 15) is 9.59 Å². The van der Waals surface area contributed by atoms with E-state index < -0.39 is 6.04 Å². The van der Waals surface area contributed by atoms with Crippen LogP contribution in [0.15, 0.2) is 78.9 Å². The zero-order chi connectivity index (χ0) is 26.9. The van der Waals surface area contributed by atoms with Crippen molar-refractivity contribution in [2.45, 2.75) is 90.3 Å². The van der Waals surface area contributed by atoms with E-state index in [4.69, 9.17) is 0 Å². The number of carbonyl (C=O) groups is 2. The third-order valence-electron chi connectivity index (χ3n) is 7.72. The fourth-order valence-electron chi connectivity index (χ4n) is 5.28. The summed E-state index contributed by atoms with van der Waals surface area (Å²) >= 11 is 0. The van der Waals surface area contributed by atoms with Gasteiger partial charge in [-0.2, -0.15) is 0 Å². The molecule has 0 radical (unpaired) electrons. The van der Waals surface area contributed by atoms with Gasteiger partial charge >= 0.3 is 0 Å². The van der Waals surface area contributed by atoms with Crippen LogP contribution < -0.4 is 5.32 Å². The van der Waals surface area contributed by atoms with Crippen molar-refractivity contribution in [2.24, 2.45) is 0 Å². The van der Waals surface area contributed by atoms with Gasteiger partial charge < -0.3 is 10.2 Å². The lowest BCUT2D eigenvalue weighted by atomic mass is 9.99. The molecule has 1 unspecified atom stereocenters. The molecule has 0 spiro atoms. The molecule has 0 saturated heterocycles. The molecule has 1 aliphatic rings. The van der Waals surface area contributed by atoms with Crippen molar-refractivity contribution in [1.29, 1.82) is 0 Å². The monoisotopic (exact) mass is 510 g/mol. The standard InChI is InChI=1S/C34H42N2O2/c1-25(2)30-20-17-27(18-21-30)19-22-33(37)36(24-29-15-13-26(3)14-16-29)32(23-28-9-5-4-6-10-28)34(38)35-31-11-7-8-12-31/h4-6,9-10,13-18,20-21,25,31-32H,7-8,11-12,19,22-24H2,1-3H3,(H,35,38). The minimum atomic E-state index is -0.560. The number of amides is 2. The van der Waals surface area contributed by atoms with Gasteiger partial charge in [-0.05, 0) is 54.4 Å². The van der Waals surface area contributed by atoms with E-state index in [1.54, 1.807) is 0 Å². The zero-order valence-corrected chi connectivity index (χ0v) is 23.2. The molecule has 4 nitrogen and oxygen atoms in total. The number of nitrogens with zero attached hydrogens (tertiary/aromatic N) is 1. The summed E-state index contributed by atoms with van der Waals surface area (Å²) in [4.78, 5) is 29.5. The summed E-state index contributed by atoms with van der Waals surface area (Å²) in [5, 5.41) is 3.29. The number of benzene rings is 3. The molecular weight excluding hydrogens is 468 g/mol. The smallest absolute Gasteiger partial charge is 0.243 e. The molecule has 1 saturated carbocycles. The van der Waals surface area contributed by atoms with Crippen molar-refractivity contribution in [3.05, 3.63) is 107 Å². The third-order valence-corrected chi connectivity index (χ3v) is 7.72. The SMILES string of the molecule is Cc1ccc(CN(C(=O)CCc2ccc(C(C)C)cc2)C(Cc2ccccc2)C(=O)NC2CCCC2)cc1. The highest BCUT2D eigenvalue weighted by Gasteiger charge is 2.32. The molecule has 1 atom stereocenters. The van der Waals surface area contributed by atoms with Crippen LogP contribution in [0.2, 0.25) is 0 Å². The topological polar surface area (TPSA) is 49.4 Å². The van der Waals surface area contributed by atoms with Crippen LogP contribution in [0.1, 0.15) is 79.7 Å². The first-order chi connectivity index (χ1) is 18.4. The fraction of sp³-hybridized carbons (Fsp3) is 0.412. The molecule has 0 heterocycles. The highest BCUT2D eigenvalue weighted by Crippen LogP contribution is 2.21. The number of hydrogen-bond donors (Lipinski definition) is 1. The maximum atomic E-state index is 13.9. The van der Waals surface area contributed by atoms with Gasteiger partial charge in [0.1, 0.15) is 6.04 Å². The van der Waals surface area contributed by atoms with Gasteiger partial charge in [-0.15, -0.1) is 0 Å². The van der Waals surface area contributed by atoms with E-state index in [1.165, 1.54) is 11.1 Å². The number of carbonyl (C=O) groups excluding carboxylic acids is 2. The Bertz CT molecular complexity index is 1160. The van der Waals surface area contributed by atoms with Crippen LogP contribution in [-0.4, -0.2) is 28.8 Å². The van der Waals surface area contributed by atoms with E-state index in [1.807, 2.05) is 35.2 Å². The zero-order valence-electron chi connectivity index (χ0n) is 23.2. The van der Waals surface area contributed by atoms with Gasteiger partial charge in [-0.3, -0.25) is 9.59 Å². The molecule has 4 rings (SSSR count). The molecule has 1 fully saturated rings. The van der Waals surface area contributed by atoms with Crippen molar-refractivity contribution < 1.29 is 9.59 Å². The lowest BCUT2D eigenvalue weighted by molar-refractivity contribution is -0.141. The van der Waals surface area contributed by atoms with E-state index in [0.717, 1.165) is 42.4 Å². The molecule has 38 heavy (non-hydrogen) atoms. The fourth-order valence-corrected chi connectivity index (χ4v) is 5.28. The van der Waals surface area contributed by atoms with Gasteiger partial charge in [-0.25, -0.2) is 0 Å². The average Bonchev–Trinajstić information content (AvgIpc) is 3.44. The van der Waals surface area contributed by atoms with Crippen LogP contribution >= 0.6 is 0 Å². The molecule has 2 amide bonds. The molecule has 0 aliphatic heterocycles. The number of rotatable bonds is 11. The summed E-state index contributed by atoms with van der Waals surface area (Å²) in [6.45, 7) is 6.85. The Balaban J connectivity index is 1.58. The first-order valence-electron chi connectivity index (χ1n) is 14.2. The molecule has 3 aromatic rings. The summed E-state index contributed by atoms with van der Waals surface area (Å²) in [5.41, 5.74) is 5.72. The van der Waals surface area contributed by atoms with Crippen LogP contribution in [0.25, 0.3) is 0 Å². The quantitative estimate of drug-likeness (QED) is 0.310. The van der Waals surface area contributed by atoms with Gasteiger partial charge in [0.2, 0.25) is 11.8 Å². The molecule has 3 aromatic carbocycles. The molecule has 1 aliphatic carbocycles. The maximum Gasteiger partial charge on any atom is 0.243 e. The largest absolute Gasteiger partial charge is 0.352 e. The second kappa shape index (κ2) is 13.4. The van der Waals surface area contributed by atoms with Gasteiger partial charge in [0.05, 0.1) is 0 Å². The third kappa shape index (κ3) is 7.80. The normalized spacial score (nSPS) is 14.4. The van der Waals surface area contributed by atoms with Crippen molar-refractivity contribution in [2.75, 3.05) is 0 Å². The Hall–Kier alpha value is -3.40. The second-order valence-electron chi connectivity index (χ2n) is 11.1. The lowest BCUT2D eigenvalue weighted by Crippen LogP contribution is -2.52. The Labute approximate surface area is 228 Å². The Morgan fingerprint density at radius 1 is 0.842 bits per heavy atom. The summed E-state index contributed by atoms with van der Waals surface area (Å²) in [6, 6.07) is 26.5. The summed E-state index contributed by atoms with van der Waals surface area (Å²) in [7, 11) is 0. The van der Waals surface area contributed by atoms with Crippen LogP contribution in [0.4, 0.5) is 0 Å². The summed E-state index contributed by atoms with van der Waals surface area (Å²) in [5.74, 6) is 0.455. The summed E-state index contributed by atoms with van der Waals surface area (Å²) < 4.78 is 0. The number of hydrogen-bond acceptors (Lipinski definition) is 2. The maximum absolute atomic E-state index is 13.9. The van der Waals surface area contributed by atoms with Crippen LogP contribution in [-0.2, 0) is 29.0 Å². The number of nitrogens with one attached hydrogen (secondary N) is 1. The van der Waals surface area contributed by atoms with Crippen LogP contribution in [0.5, 0.6) is 0 Å². The molecule has 0 aromatic heterocycles. The van der Waals surface area contributed by atoms with Crippen LogP contribution in [0, 0.1) is 6.92 Å². The van der Waals surface area contributed by atoms with E-state index in [0.29, 0.717) is 31.7 Å². The van der Waals surface area contributed by atoms with E-state index in [-0.39, 0.29) is 17.9 Å². The van der Waals surface area contributed by atoms with Gasteiger partial charge in [0.15, 0.2) is 0 Å². The first kappa shape index (κ1) is 27.6. The highest BCUT2D eigenvalue weighted by atomic mass is 16.2. The van der Waals surface area contributed by atoms with E-state index >= 15 is 0 Å². The Morgan fingerprint density at radius 3 is 2.11 bits per heavy atom. The van der Waals surface area contributed by atoms with Crippen molar-refractivity contribution in [3.8, 4) is 0 Å². The Kier molecular flexibility index (Phi) is 9.75. The van der Waals surface area contributed by atoms with Crippen molar-refractivity contribution >= 4 is 11.8 Å². The average molecular weight is 511 g/mol. The molecule has 0 bridgehead atoms. The minimum Gasteiger partial charge on any atom is -0.352 e. The second-order valence-corrected chi connectivity index (χ2v) is 11.1. The first-order valence-corrected chi connectivity index (χ1v) is 14.2.